The van der Waals surface area contributed by atoms with Crippen molar-refractivity contribution in [2.75, 3.05) is 14.2 Å². The average Bonchev–Trinajstić information content (AvgIpc) is 2.56. The zero-order valence-corrected chi connectivity index (χ0v) is 14.1. The van der Waals surface area contributed by atoms with Crippen LogP contribution in [0.2, 0.25) is 5.02 Å². The Hall–Kier alpha value is -2.11. The first-order chi connectivity index (χ1) is 11.0. The van der Waals surface area contributed by atoms with E-state index in [-0.39, 0.29) is 10.5 Å². The Kier molecular flexibility index (Phi) is 4.24. The largest absolute Gasteiger partial charge is 0.497 e. The lowest BCUT2D eigenvalue weighted by atomic mass is 10.1. The van der Waals surface area contributed by atoms with Gasteiger partial charge in [0.25, 0.3) is 0 Å². The van der Waals surface area contributed by atoms with E-state index < -0.39 is 0 Å². The van der Waals surface area contributed by atoms with Crippen molar-refractivity contribution in [2.24, 2.45) is 0 Å². The summed E-state index contributed by atoms with van der Waals surface area (Å²) in [4.78, 5) is 12.9. The quantitative estimate of drug-likeness (QED) is 0.712. The van der Waals surface area contributed by atoms with Gasteiger partial charge in [0.15, 0.2) is 16.4 Å². The minimum absolute atomic E-state index is 0.212. The second-order valence-corrected chi connectivity index (χ2v) is 5.67. The van der Waals surface area contributed by atoms with Crippen LogP contribution in [0.3, 0.4) is 0 Å². The summed E-state index contributed by atoms with van der Waals surface area (Å²) in [5, 5.41) is 1.17. The molecule has 1 heterocycles. The fourth-order valence-corrected chi connectivity index (χ4v) is 2.82. The van der Waals surface area contributed by atoms with Gasteiger partial charge in [0.1, 0.15) is 5.75 Å². The third-order valence-corrected chi connectivity index (χ3v) is 4.07. The molecule has 3 rings (SSSR count). The van der Waals surface area contributed by atoms with E-state index in [0.717, 1.165) is 0 Å². The molecule has 2 aromatic carbocycles. The molecule has 0 aliphatic heterocycles. The van der Waals surface area contributed by atoms with Gasteiger partial charge in [-0.2, -0.15) is 0 Å². The number of fused-ring (bicyclic) bond motifs is 1. The number of thiol groups is 1. The maximum atomic E-state index is 12.9. The molecule has 3 aromatic rings. The summed E-state index contributed by atoms with van der Waals surface area (Å²) >= 11 is 10.2. The second kappa shape index (κ2) is 6.18. The first-order valence-corrected chi connectivity index (χ1v) is 7.55. The molecular formula is C17H13ClO4S. The number of methoxy groups -OCH3 is 2. The maximum absolute atomic E-state index is 12.9. The van der Waals surface area contributed by atoms with Gasteiger partial charge in [0.05, 0.1) is 25.2 Å². The highest BCUT2D eigenvalue weighted by Crippen LogP contribution is 2.34. The van der Waals surface area contributed by atoms with Crippen molar-refractivity contribution in [3.05, 3.63) is 51.6 Å². The number of halogens is 1. The van der Waals surface area contributed by atoms with E-state index in [0.29, 0.717) is 38.6 Å². The predicted molar refractivity (Wildman–Crippen MR) is 93.3 cm³/mol. The van der Waals surface area contributed by atoms with Crippen LogP contribution in [-0.2, 0) is 0 Å². The van der Waals surface area contributed by atoms with Crippen LogP contribution in [0.1, 0.15) is 0 Å². The standard InChI is InChI=1S/C17H13ClO4S/c1-20-11-7-12-15(19)14(9-3-5-10(18)6-4-9)17(23)22-16(12)13(8-11)21-2/h3-8,23H,1-2H3. The first kappa shape index (κ1) is 15.8. The molecule has 0 saturated heterocycles. The Morgan fingerprint density at radius 3 is 2.39 bits per heavy atom. The van der Waals surface area contributed by atoms with Crippen molar-refractivity contribution in [1.82, 2.24) is 0 Å². The van der Waals surface area contributed by atoms with E-state index in [1.54, 1.807) is 36.4 Å². The van der Waals surface area contributed by atoms with Crippen LogP contribution in [-0.4, -0.2) is 14.2 Å². The highest BCUT2D eigenvalue weighted by molar-refractivity contribution is 7.80. The van der Waals surface area contributed by atoms with Crippen molar-refractivity contribution in [3.63, 3.8) is 0 Å². The zero-order valence-electron chi connectivity index (χ0n) is 12.4. The van der Waals surface area contributed by atoms with Gasteiger partial charge in [0, 0.05) is 11.1 Å². The molecule has 118 valence electrons. The third kappa shape index (κ3) is 2.78. The Labute approximate surface area is 143 Å². The molecule has 0 amide bonds. The number of ether oxygens (including phenoxy) is 2. The molecule has 0 radical (unpaired) electrons. The number of hydrogen-bond acceptors (Lipinski definition) is 5. The van der Waals surface area contributed by atoms with Crippen molar-refractivity contribution < 1.29 is 13.9 Å². The number of hydrogen-bond donors (Lipinski definition) is 1. The van der Waals surface area contributed by atoms with Crippen molar-refractivity contribution in [1.29, 1.82) is 0 Å². The Morgan fingerprint density at radius 1 is 1.09 bits per heavy atom. The first-order valence-electron chi connectivity index (χ1n) is 6.73. The van der Waals surface area contributed by atoms with Crippen LogP contribution in [0.15, 0.2) is 50.7 Å². The van der Waals surface area contributed by atoms with E-state index in [4.69, 9.17) is 25.5 Å². The van der Waals surface area contributed by atoms with Crippen LogP contribution < -0.4 is 14.9 Å². The van der Waals surface area contributed by atoms with Gasteiger partial charge in [-0.3, -0.25) is 4.79 Å². The van der Waals surface area contributed by atoms with Gasteiger partial charge in [0.2, 0.25) is 5.43 Å². The summed E-state index contributed by atoms with van der Waals surface area (Å²) in [6.45, 7) is 0. The minimum atomic E-state index is -0.212. The van der Waals surface area contributed by atoms with E-state index in [1.807, 2.05) is 0 Å². The van der Waals surface area contributed by atoms with Crippen LogP contribution in [0.25, 0.3) is 22.1 Å². The molecule has 0 aliphatic carbocycles. The molecule has 4 nitrogen and oxygen atoms in total. The van der Waals surface area contributed by atoms with E-state index in [2.05, 4.69) is 12.6 Å². The lowest BCUT2D eigenvalue weighted by molar-refractivity contribution is 0.387. The van der Waals surface area contributed by atoms with E-state index >= 15 is 0 Å². The second-order valence-electron chi connectivity index (χ2n) is 4.82. The molecule has 0 spiro atoms. The zero-order chi connectivity index (χ0) is 16.6. The van der Waals surface area contributed by atoms with Gasteiger partial charge in [-0.25, -0.2) is 0 Å². The van der Waals surface area contributed by atoms with E-state index in [9.17, 15) is 4.79 Å². The molecule has 0 atom stereocenters. The molecule has 0 unspecified atom stereocenters. The molecular weight excluding hydrogens is 336 g/mol. The summed E-state index contributed by atoms with van der Waals surface area (Å²) < 4.78 is 16.2. The third-order valence-electron chi connectivity index (χ3n) is 3.50. The highest BCUT2D eigenvalue weighted by atomic mass is 35.5. The fourth-order valence-electron chi connectivity index (χ4n) is 2.37. The summed E-state index contributed by atoms with van der Waals surface area (Å²) in [6, 6.07) is 10.2. The summed E-state index contributed by atoms with van der Waals surface area (Å²) in [6.07, 6.45) is 0. The molecule has 6 heteroatoms. The Bertz CT molecular complexity index is 932. The van der Waals surface area contributed by atoms with Gasteiger partial charge in [-0.1, -0.05) is 23.7 Å². The molecule has 0 fully saturated rings. The maximum Gasteiger partial charge on any atom is 0.201 e. The van der Waals surface area contributed by atoms with Crippen molar-refractivity contribution >= 4 is 35.2 Å². The van der Waals surface area contributed by atoms with Gasteiger partial charge in [-0.05, 0) is 23.8 Å². The van der Waals surface area contributed by atoms with E-state index in [1.165, 1.54) is 14.2 Å². The lowest BCUT2D eigenvalue weighted by Gasteiger charge is -2.11. The molecule has 0 bridgehead atoms. The topological polar surface area (TPSA) is 48.7 Å². The molecule has 0 saturated carbocycles. The van der Waals surface area contributed by atoms with Crippen LogP contribution in [0.5, 0.6) is 11.5 Å². The van der Waals surface area contributed by atoms with Gasteiger partial charge >= 0.3 is 0 Å². The van der Waals surface area contributed by atoms with Gasteiger partial charge < -0.3 is 13.9 Å². The highest BCUT2D eigenvalue weighted by Gasteiger charge is 2.18. The number of benzene rings is 2. The monoisotopic (exact) mass is 348 g/mol. The normalized spacial score (nSPS) is 10.8. The summed E-state index contributed by atoms with van der Waals surface area (Å²) in [5.74, 6) is 0.921. The molecule has 0 aliphatic rings. The SMILES string of the molecule is COc1cc(OC)c2oc(S)c(-c3ccc(Cl)cc3)c(=O)c2c1. The molecule has 23 heavy (non-hydrogen) atoms. The number of rotatable bonds is 3. The molecule has 1 aromatic heterocycles. The smallest absolute Gasteiger partial charge is 0.201 e. The lowest BCUT2D eigenvalue weighted by Crippen LogP contribution is -2.07. The Morgan fingerprint density at radius 2 is 1.78 bits per heavy atom. The van der Waals surface area contributed by atoms with Crippen LogP contribution in [0, 0.1) is 0 Å². The van der Waals surface area contributed by atoms with Gasteiger partial charge in [-0.15, -0.1) is 12.6 Å². The van der Waals surface area contributed by atoms with Crippen LogP contribution in [0.4, 0.5) is 0 Å². The van der Waals surface area contributed by atoms with Crippen molar-refractivity contribution in [3.8, 4) is 22.6 Å². The molecule has 0 N–H and O–H groups in total. The Balaban J connectivity index is 2.37. The summed E-state index contributed by atoms with van der Waals surface area (Å²) in [7, 11) is 3.02. The summed E-state index contributed by atoms with van der Waals surface area (Å²) in [5.41, 5.74) is 1.17. The van der Waals surface area contributed by atoms with Crippen LogP contribution >= 0.6 is 24.2 Å². The van der Waals surface area contributed by atoms with Crippen molar-refractivity contribution in [2.45, 2.75) is 5.09 Å². The predicted octanol–water partition coefficient (Wildman–Crippen LogP) is 4.42. The minimum Gasteiger partial charge on any atom is -0.497 e. The average molecular weight is 349 g/mol. The fraction of sp³-hybridized carbons (Fsp3) is 0.118.